The molecule has 0 aliphatic carbocycles. The highest BCUT2D eigenvalue weighted by Crippen LogP contribution is 2.29. The topological polar surface area (TPSA) is 12.0 Å². The van der Waals surface area contributed by atoms with E-state index in [0.717, 1.165) is 19.5 Å². The van der Waals surface area contributed by atoms with Gasteiger partial charge in [0.2, 0.25) is 0 Å². The quantitative estimate of drug-likeness (QED) is 0.592. The summed E-state index contributed by atoms with van der Waals surface area (Å²) < 4.78 is 0. The van der Waals surface area contributed by atoms with Crippen LogP contribution in [0.3, 0.4) is 0 Å². The van der Waals surface area contributed by atoms with E-state index in [2.05, 4.69) is 44.8 Å². The maximum Gasteiger partial charge on any atom is 0.0299 e. The van der Waals surface area contributed by atoms with Gasteiger partial charge >= 0.3 is 0 Å². The monoisotopic (exact) mass is 223 g/mol. The average molecular weight is 223 g/mol. The van der Waals surface area contributed by atoms with Crippen molar-refractivity contribution in [1.29, 1.82) is 0 Å². The van der Waals surface area contributed by atoms with Crippen LogP contribution < -0.4 is 5.32 Å². The molecule has 0 amide bonds. The minimum Gasteiger partial charge on any atom is -0.312 e. The maximum atomic E-state index is 3.70. The molecule has 0 spiro atoms. The Morgan fingerprint density at radius 1 is 1.40 bits per heavy atom. The zero-order chi connectivity index (χ0) is 11.3. The lowest BCUT2D eigenvalue weighted by molar-refractivity contribution is 0.604. The molecule has 0 saturated heterocycles. The lowest BCUT2D eigenvalue weighted by atomic mass is 9.95. The van der Waals surface area contributed by atoms with Gasteiger partial charge in [0.05, 0.1) is 0 Å². The van der Waals surface area contributed by atoms with Crippen LogP contribution in [0.15, 0.2) is 24.8 Å². The summed E-state index contributed by atoms with van der Waals surface area (Å²) in [6.45, 7) is 12.5. The summed E-state index contributed by atoms with van der Waals surface area (Å²) in [6, 6.07) is 4.47. The summed E-state index contributed by atoms with van der Waals surface area (Å²) in [5, 5.41) is 3.41. The van der Waals surface area contributed by atoms with Gasteiger partial charge in [0.25, 0.3) is 0 Å². The predicted molar refractivity (Wildman–Crippen MR) is 69.5 cm³/mol. The lowest BCUT2D eigenvalue weighted by Gasteiger charge is -2.15. The van der Waals surface area contributed by atoms with E-state index in [1.54, 1.807) is 0 Å². The van der Waals surface area contributed by atoms with Crippen LogP contribution in [0.25, 0.3) is 0 Å². The maximum absolute atomic E-state index is 3.70. The second kappa shape index (κ2) is 5.47. The van der Waals surface area contributed by atoms with Crippen LogP contribution in [0.5, 0.6) is 0 Å². The van der Waals surface area contributed by atoms with Gasteiger partial charge in [-0.25, -0.2) is 0 Å². The highest BCUT2D eigenvalue weighted by Gasteiger charge is 2.15. The van der Waals surface area contributed by atoms with E-state index in [-0.39, 0.29) is 5.41 Å². The molecule has 15 heavy (non-hydrogen) atoms. The zero-order valence-corrected chi connectivity index (χ0v) is 10.8. The Kier molecular flexibility index (Phi) is 4.55. The number of hydrogen-bond acceptors (Lipinski definition) is 2. The van der Waals surface area contributed by atoms with Gasteiger partial charge in [0.15, 0.2) is 0 Å². The lowest BCUT2D eigenvalue weighted by Crippen LogP contribution is -2.13. The third kappa shape index (κ3) is 4.18. The van der Waals surface area contributed by atoms with Gasteiger partial charge in [0.1, 0.15) is 0 Å². The molecule has 1 nitrogen and oxygen atoms in total. The number of thiophene rings is 1. The van der Waals surface area contributed by atoms with Crippen molar-refractivity contribution in [1.82, 2.24) is 5.32 Å². The van der Waals surface area contributed by atoms with Crippen molar-refractivity contribution in [2.24, 2.45) is 0 Å². The molecule has 1 heterocycles. The van der Waals surface area contributed by atoms with Gasteiger partial charge in [-0.2, -0.15) is 0 Å². The molecule has 0 unspecified atom stereocenters. The number of nitrogens with one attached hydrogen (secondary N) is 1. The van der Waals surface area contributed by atoms with Crippen LogP contribution in [0, 0.1) is 0 Å². The van der Waals surface area contributed by atoms with Gasteiger partial charge < -0.3 is 5.32 Å². The molecule has 1 rings (SSSR count). The first-order chi connectivity index (χ1) is 7.04. The highest BCUT2D eigenvalue weighted by atomic mass is 32.1. The summed E-state index contributed by atoms with van der Waals surface area (Å²) >= 11 is 1.91. The Morgan fingerprint density at radius 2 is 2.13 bits per heavy atom. The molecule has 84 valence electrons. The van der Waals surface area contributed by atoms with Crippen LogP contribution in [0.2, 0.25) is 0 Å². The second-order valence-electron chi connectivity index (χ2n) is 4.77. The zero-order valence-electron chi connectivity index (χ0n) is 9.97. The Morgan fingerprint density at radius 3 is 2.67 bits per heavy atom. The molecular weight excluding hydrogens is 202 g/mol. The van der Waals surface area contributed by atoms with Crippen LogP contribution >= 0.6 is 11.3 Å². The van der Waals surface area contributed by atoms with Crippen molar-refractivity contribution in [2.75, 3.05) is 6.54 Å². The summed E-state index contributed by atoms with van der Waals surface area (Å²) in [7, 11) is 0. The molecule has 0 fully saturated rings. The number of rotatable bonds is 5. The molecule has 0 radical (unpaired) electrons. The van der Waals surface area contributed by atoms with Gasteiger partial charge in [-0.1, -0.05) is 26.8 Å². The van der Waals surface area contributed by atoms with Crippen LogP contribution in [-0.4, -0.2) is 6.54 Å². The molecule has 0 aliphatic heterocycles. The first-order valence-corrected chi connectivity index (χ1v) is 6.26. The highest BCUT2D eigenvalue weighted by molar-refractivity contribution is 7.12. The van der Waals surface area contributed by atoms with Crippen LogP contribution in [0.4, 0.5) is 0 Å². The van der Waals surface area contributed by atoms with Gasteiger partial charge in [-0.05, 0) is 30.5 Å². The van der Waals surface area contributed by atoms with Crippen molar-refractivity contribution in [3.63, 3.8) is 0 Å². The summed E-state index contributed by atoms with van der Waals surface area (Å²) in [4.78, 5) is 2.88. The molecule has 0 aromatic carbocycles. The first kappa shape index (κ1) is 12.5. The van der Waals surface area contributed by atoms with Gasteiger partial charge in [-0.15, -0.1) is 17.9 Å². The molecule has 0 bridgehead atoms. The van der Waals surface area contributed by atoms with Gasteiger partial charge in [0, 0.05) is 16.3 Å². The fourth-order valence-corrected chi connectivity index (χ4v) is 2.33. The van der Waals surface area contributed by atoms with Crippen molar-refractivity contribution in [2.45, 2.75) is 39.2 Å². The fourth-order valence-electron chi connectivity index (χ4n) is 1.29. The van der Waals surface area contributed by atoms with E-state index in [4.69, 9.17) is 0 Å². The van der Waals surface area contributed by atoms with Crippen molar-refractivity contribution in [3.8, 4) is 0 Å². The Balaban J connectivity index is 2.43. The smallest absolute Gasteiger partial charge is 0.0299 e. The molecule has 1 aromatic heterocycles. The molecule has 0 atom stereocenters. The predicted octanol–water partition coefficient (Wildman–Crippen LogP) is 3.71. The standard InChI is InChI=1S/C13H21NS/c1-5-6-9-14-10-11-7-8-12(15-11)13(2,3)4/h5,7-8,14H,1,6,9-10H2,2-4H3. The summed E-state index contributed by atoms with van der Waals surface area (Å²) in [5.74, 6) is 0. The van der Waals surface area contributed by atoms with E-state index in [0.29, 0.717) is 0 Å². The van der Waals surface area contributed by atoms with Crippen molar-refractivity contribution < 1.29 is 0 Å². The molecule has 1 aromatic rings. The minimum atomic E-state index is 0.282. The molecule has 1 N–H and O–H groups in total. The summed E-state index contributed by atoms with van der Waals surface area (Å²) in [6.07, 6.45) is 2.99. The molecule has 0 saturated carbocycles. The second-order valence-corrected chi connectivity index (χ2v) is 5.94. The SMILES string of the molecule is C=CCCNCc1ccc(C(C)(C)C)s1. The van der Waals surface area contributed by atoms with E-state index in [1.165, 1.54) is 9.75 Å². The Hall–Kier alpha value is -0.600. The average Bonchev–Trinajstić information content (AvgIpc) is 2.60. The molecule has 2 heteroatoms. The minimum absolute atomic E-state index is 0.282. The van der Waals surface area contributed by atoms with Crippen LogP contribution in [0.1, 0.15) is 36.9 Å². The number of hydrogen-bond donors (Lipinski definition) is 1. The fraction of sp³-hybridized carbons (Fsp3) is 0.538. The van der Waals surface area contributed by atoms with Crippen LogP contribution in [-0.2, 0) is 12.0 Å². The molecular formula is C13H21NS. The normalized spacial score (nSPS) is 11.7. The van der Waals surface area contributed by atoms with Crippen molar-refractivity contribution in [3.05, 3.63) is 34.5 Å². The van der Waals surface area contributed by atoms with E-state index in [9.17, 15) is 0 Å². The Labute approximate surface area is 97.2 Å². The van der Waals surface area contributed by atoms with E-state index < -0.39 is 0 Å². The van der Waals surface area contributed by atoms with E-state index in [1.807, 2.05) is 17.4 Å². The van der Waals surface area contributed by atoms with Gasteiger partial charge in [-0.3, -0.25) is 0 Å². The van der Waals surface area contributed by atoms with Crippen molar-refractivity contribution >= 4 is 11.3 Å². The van der Waals surface area contributed by atoms with E-state index >= 15 is 0 Å². The third-order valence-corrected chi connectivity index (χ3v) is 3.74. The summed E-state index contributed by atoms with van der Waals surface area (Å²) in [5.41, 5.74) is 0.282. The Bertz CT molecular complexity index is 307. The largest absolute Gasteiger partial charge is 0.312 e. The third-order valence-electron chi connectivity index (χ3n) is 2.23. The first-order valence-electron chi connectivity index (χ1n) is 5.45. The molecule has 0 aliphatic rings.